The summed E-state index contributed by atoms with van der Waals surface area (Å²) >= 11 is 7.59. The molecule has 0 bridgehead atoms. The maximum Gasteiger partial charge on any atom is 0.0931 e. The van der Waals surface area contributed by atoms with Crippen molar-refractivity contribution in [2.75, 3.05) is 0 Å². The summed E-state index contributed by atoms with van der Waals surface area (Å²) in [6, 6.07) is 5.01. The number of allylic oxidation sites excluding steroid dienone is 1. The standard InChI is InChI=1S/C12H16ClNS/c1-9(11-7-8-12(13)15-11)14-10-5-3-2-4-6-10/h3,5,7-10,14H,2,4,6H2,1H3. The summed E-state index contributed by atoms with van der Waals surface area (Å²) in [6.45, 7) is 2.20. The SMILES string of the molecule is CC(NC1C=CCCC1)c1ccc(Cl)s1. The minimum atomic E-state index is 0.398. The van der Waals surface area contributed by atoms with E-state index in [1.54, 1.807) is 11.3 Å². The zero-order chi connectivity index (χ0) is 10.7. The molecule has 1 aliphatic rings. The zero-order valence-electron chi connectivity index (χ0n) is 8.87. The van der Waals surface area contributed by atoms with Gasteiger partial charge >= 0.3 is 0 Å². The van der Waals surface area contributed by atoms with Crippen molar-refractivity contribution >= 4 is 22.9 Å². The fraction of sp³-hybridized carbons (Fsp3) is 0.500. The van der Waals surface area contributed by atoms with E-state index in [-0.39, 0.29) is 0 Å². The van der Waals surface area contributed by atoms with E-state index in [0.717, 1.165) is 4.34 Å². The van der Waals surface area contributed by atoms with Gasteiger partial charge in [0.15, 0.2) is 0 Å². The molecule has 0 radical (unpaired) electrons. The van der Waals surface area contributed by atoms with Crippen LogP contribution in [0.4, 0.5) is 0 Å². The Morgan fingerprint density at radius 3 is 3.00 bits per heavy atom. The Balaban J connectivity index is 1.94. The molecule has 1 nitrogen and oxygen atoms in total. The van der Waals surface area contributed by atoms with Crippen molar-refractivity contribution in [3.8, 4) is 0 Å². The molecule has 2 unspecified atom stereocenters. The van der Waals surface area contributed by atoms with Crippen LogP contribution in [-0.4, -0.2) is 6.04 Å². The molecular formula is C12H16ClNS. The molecule has 82 valence electrons. The van der Waals surface area contributed by atoms with Crippen LogP contribution in [0.2, 0.25) is 4.34 Å². The molecule has 0 spiro atoms. The van der Waals surface area contributed by atoms with Crippen LogP contribution in [-0.2, 0) is 0 Å². The van der Waals surface area contributed by atoms with Crippen LogP contribution in [0.3, 0.4) is 0 Å². The van der Waals surface area contributed by atoms with Gasteiger partial charge in [-0.2, -0.15) is 0 Å². The highest BCUT2D eigenvalue weighted by atomic mass is 35.5. The Morgan fingerprint density at radius 1 is 1.53 bits per heavy atom. The lowest BCUT2D eigenvalue weighted by atomic mass is 10.0. The van der Waals surface area contributed by atoms with Gasteiger partial charge in [-0.3, -0.25) is 0 Å². The molecule has 2 rings (SSSR count). The van der Waals surface area contributed by atoms with Crippen molar-refractivity contribution in [3.63, 3.8) is 0 Å². The van der Waals surface area contributed by atoms with Gasteiger partial charge in [0.05, 0.1) is 4.34 Å². The molecule has 0 amide bonds. The molecule has 0 saturated heterocycles. The van der Waals surface area contributed by atoms with E-state index in [2.05, 4.69) is 30.5 Å². The van der Waals surface area contributed by atoms with Gasteiger partial charge in [-0.25, -0.2) is 0 Å². The number of rotatable bonds is 3. The summed E-state index contributed by atoms with van der Waals surface area (Å²) in [5.41, 5.74) is 0. The number of thiophene rings is 1. The lowest BCUT2D eigenvalue weighted by Crippen LogP contribution is -2.30. The lowest BCUT2D eigenvalue weighted by Gasteiger charge is -2.22. The van der Waals surface area contributed by atoms with Crippen LogP contribution >= 0.6 is 22.9 Å². The first kappa shape index (κ1) is 11.2. The van der Waals surface area contributed by atoms with Crippen LogP contribution in [0.1, 0.15) is 37.1 Å². The molecule has 0 fully saturated rings. The largest absolute Gasteiger partial charge is 0.303 e. The second-order valence-corrected chi connectivity index (χ2v) is 5.74. The Kier molecular flexibility index (Phi) is 3.84. The normalized spacial score (nSPS) is 22.9. The number of nitrogens with one attached hydrogen (secondary N) is 1. The Bertz CT molecular complexity index is 345. The van der Waals surface area contributed by atoms with Crippen molar-refractivity contribution in [1.29, 1.82) is 0 Å². The Labute approximate surface area is 100 Å². The molecule has 0 aliphatic heterocycles. The van der Waals surface area contributed by atoms with Gasteiger partial charge in [-0.15, -0.1) is 11.3 Å². The van der Waals surface area contributed by atoms with Crippen LogP contribution in [0, 0.1) is 0 Å². The molecule has 0 aromatic carbocycles. The van der Waals surface area contributed by atoms with Gasteiger partial charge in [0.2, 0.25) is 0 Å². The first-order valence-electron chi connectivity index (χ1n) is 5.43. The van der Waals surface area contributed by atoms with Crippen molar-refractivity contribution in [2.45, 2.75) is 38.3 Å². The summed E-state index contributed by atoms with van der Waals surface area (Å²) in [5, 5.41) is 3.61. The highest BCUT2D eigenvalue weighted by Gasteiger charge is 2.13. The topological polar surface area (TPSA) is 12.0 Å². The first-order chi connectivity index (χ1) is 7.25. The fourth-order valence-electron chi connectivity index (χ4n) is 1.92. The highest BCUT2D eigenvalue weighted by Crippen LogP contribution is 2.27. The molecule has 1 aromatic heterocycles. The van der Waals surface area contributed by atoms with E-state index in [1.807, 2.05) is 6.07 Å². The van der Waals surface area contributed by atoms with Gasteiger partial charge in [-0.05, 0) is 38.3 Å². The summed E-state index contributed by atoms with van der Waals surface area (Å²) in [6.07, 6.45) is 8.34. The Hall–Kier alpha value is -0.310. The average Bonchev–Trinajstić information content (AvgIpc) is 2.66. The summed E-state index contributed by atoms with van der Waals surface area (Å²) < 4.78 is 0.873. The van der Waals surface area contributed by atoms with Crippen LogP contribution in [0.25, 0.3) is 0 Å². The third-order valence-corrected chi connectivity index (χ3v) is 4.15. The summed E-state index contributed by atoms with van der Waals surface area (Å²) in [5.74, 6) is 0. The molecule has 3 heteroatoms. The van der Waals surface area contributed by atoms with Crippen molar-refractivity contribution in [2.24, 2.45) is 0 Å². The molecular weight excluding hydrogens is 226 g/mol. The maximum absolute atomic E-state index is 5.92. The summed E-state index contributed by atoms with van der Waals surface area (Å²) in [4.78, 5) is 1.32. The molecule has 1 aliphatic carbocycles. The van der Waals surface area contributed by atoms with Gasteiger partial charge in [-0.1, -0.05) is 23.8 Å². The van der Waals surface area contributed by atoms with Gasteiger partial charge < -0.3 is 5.32 Å². The van der Waals surface area contributed by atoms with E-state index >= 15 is 0 Å². The van der Waals surface area contributed by atoms with E-state index in [1.165, 1.54) is 24.1 Å². The molecule has 0 saturated carbocycles. The monoisotopic (exact) mass is 241 g/mol. The van der Waals surface area contributed by atoms with Gasteiger partial charge in [0, 0.05) is 17.0 Å². The minimum absolute atomic E-state index is 0.398. The average molecular weight is 242 g/mol. The van der Waals surface area contributed by atoms with E-state index in [0.29, 0.717) is 12.1 Å². The fourth-order valence-corrected chi connectivity index (χ4v) is 2.99. The quantitative estimate of drug-likeness (QED) is 0.784. The Morgan fingerprint density at radius 2 is 2.40 bits per heavy atom. The number of halogens is 1. The third kappa shape index (κ3) is 3.07. The van der Waals surface area contributed by atoms with Crippen LogP contribution < -0.4 is 5.32 Å². The molecule has 1 aromatic rings. The second-order valence-electron chi connectivity index (χ2n) is 4.00. The number of hydrogen-bond donors (Lipinski definition) is 1. The maximum atomic E-state index is 5.92. The van der Waals surface area contributed by atoms with Crippen molar-refractivity contribution < 1.29 is 0 Å². The van der Waals surface area contributed by atoms with Crippen molar-refractivity contribution in [3.05, 3.63) is 33.5 Å². The summed E-state index contributed by atoms with van der Waals surface area (Å²) in [7, 11) is 0. The van der Waals surface area contributed by atoms with Crippen LogP contribution in [0.5, 0.6) is 0 Å². The number of hydrogen-bond acceptors (Lipinski definition) is 2. The van der Waals surface area contributed by atoms with E-state index in [9.17, 15) is 0 Å². The predicted octanol–water partition coefficient (Wildman–Crippen LogP) is 4.16. The highest BCUT2D eigenvalue weighted by molar-refractivity contribution is 7.16. The van der Waals surface area contributed by atoms with E-state index in [4.69, 9.17) is 11.6 Å². The smallest absolute Gasteiger partial charge is 0.0931 e. The molecule has 1 N–H and O–H groups in total. The van der Waals surface area contributed by atoms with Gasteiger partial charge in [0.25, 0.3) is 0 Å². The van der Waals surface area contributed by atoms with E-state index < -0.39 is 0 Å². The first-order valence-corrected chi connectivity index (χ1v) is 6.63. The molecule has 2 atom stereocenters. The molecule has 15 heavy (non-hydrogen) atoms. The minimum Gasteiger partial charge on any atom is -0.303 e. The predicted molar refractivity (Wildman–Crippen MR) is 67.7 cm³/mol. The lowest BCUT2D eigenvalue weighted by molar-refractivity contribution is 0.471. The molecule has 1 heterocycles. The van der Waals surface area contributed by atoms with Gasteiger partial charge in [0.1, 0.15) is 0 Å². The second kappa shape index (κ2) is 5.15. The van der Waals surface area contributed by atoms with Crippen LogP contribution in [0.15, 0.2) is 24.3 Å². The zero-order valence-corrected chi connectivity index (χ0v) is 10.4. The van der Waals surface area contributed by atoms with Crippen molar-refractivity contribution in [1.82, 2.24) is 5.32 Å². The third-order valence-electron chi connectivity index (χ3n) is 2.74.